The van der Waals surface area contributed by atoms with Crippen LogP contribution >= 0.6 is 0 Å². The van der Waals surface area contributed by atoms with Gasteiger partial charge in [0.25, 0.3) is 0 Å². The van der Waals surface area contributed by atoms with Gasteiger partial charge in [-0.25, -0.2) is 4.68 Å². The van der Waals surface area contributed by atoms with E-state index in [-0.39, 0.29) is 16.1 Å². The second-order valence-corrected chi connectivity index (χ2v) is 4.78. The Morgan fingerprint density at radius 1 is 1.59 bits per heavy atom. The van der Waals surface area contributed by atoms with E-state index in [1.54, 1.807) is 18.7 Å². The van der Waals surface area contributed by atoms with Crippen molar-refractivity contribution in [2.24, 2.45) is 7.05 Å². The van der Waals surface area contributed by atoms with Crippen LogP contribution in [0, 0.1) is 17.0 Å². The van der Waals surface area contributed by atoms with Crippen molar-refractivity contribution in [3.05, 3.63) is 15.8 Å². The van der Waals surface area contributed by atoms with E-state index in [0.29, 0.717) is 11.5 Å². The summed E-state index contributed by atoms with van der Waals surface area (Å²) in [5.74, 6) is 0.536. The molecule has 17 heavy (non-hydrogen) atoms. The van der Waals surface area contributed by atoms with Crippen LogP contribution in [0.25, 0.3) is 0 Å². The highest BCUT2D eigenvalue weighted by atomic mass is 16.6. The summed E-state index contributed by atoms with van der Waals surface area (Å²) in [5.41, 5.74) is 0.600. The molecule has 1 aliphatic rings. The van der Waals surface area contributed by atoms with Gasteiger partial charge >= 0.3 is 5.69 Å². The summed E-state index contributed by atoms with van der Waals surface area (Å²) in [6.07, 6.45) is 4.32. The summed E-state index contributed by atoms with van der Waals surface area (Å²) in [4.78, 5) is 10.7. The number of aromatic nitrogens is 2. The van der Waals surface area contributed by atoms with Crippen molar-refractivity contribution in [3.63, 3.8) is 0 Å². The molecule has 0 saturated heterocycles. The quantitative estimate of drug-likeness (QED) is 0.645. The average molecular weight is 238 g/mol. The molecule has 1 aromatic rings. The number of rotatable bonds is 4. The van der Waals surface area contributed by atoms with Crippen molar-refractivity contribution >= 4 is 11.5 Å². The Bertz CT molecular complexity index is 443. The zero-order valence-corrected chi connectivity index (χ0v) is 10.5. The van der Waals surface area contributed by atoms with Crippen LogP contribution in [0.1, 0.15) is 38.3 Å². The molecule has 1 heterocycles. The van der Waals surface area contributed by atoms with Crippen LogP contribution in [-0.2, 0) is 7.05 Å². The Hall–Kier alpha value is -1.59. The topological polar surface area (TPSA) is 73.0 Å². The Balaban J connectivity index is 2.35. The maximum absolute atomic E-state index is 11.0. The van der Waals surface area contributed by atoms with E-state index in [9.17, 15) is 10.1 Å². The van der Waals surface area contributed by atoms with Crippen molar-refractivity contribution in [1.29, 1.82) is 0 Å². The predicted molar refractivity (Wildman–Crippen MR) is 65.1 cm³/mol. The van der Waals surface area contributed by atoms with Crippen LogP contribution in [0.15, 0.2) is 0 Å². The fraction of sp³-hybridized carbons (Fsp3) is 0.727. The Labute approximate surface area is 100 Å². The maximum Gasteiger partial charge on any atom is 0.333 e. The lowest BCUT2D eigenvalue weighted by Gasteiger charge is -2.42. The van der Waals surface area contributed by atoms with Crippen LogP contribution in [0.4, 0.5) is 11.5 Å². The minimum Gasteiger partial charge on any atom is -0.359 e. The fourth-order valence-corrected chi connectivity index (χ4v) is 2.43. The predicted octanol–water partition coefficient (Wildman–Crippen LogP) is 2.38. The third-order valence-electron chi connectivity index (χ3n) is 3.74. The first-order valence-electron chi connectivity index (χ1n) is 5.95. The van der Waals surface area contributed by atoms with Crippen molar-refractivity contribution < 1.29 is 4.92 Å². The van der Waals surface area contributed by atoms with E-state index in [1.165, 1.54) is 6.42 Å². The highest BCUT2D eigenvalue weighted by molar-refractivity contribution is 5.60. The van der Waals surface area contributed by atoms with Crippen LogP contribution in [0.5, 0.6) is 0 Å². The van der Waals surface area contributed by atoms with Gasteiger partial charge in [-0.05, 0) is 32.6 Å². The fourth-order valence-electron chi connectivity index (χ4n) is 2.43. The van der Waals surface area contributed by atoms with Crippen molar-refractivity contribution in [2.45, 2.75) is 45.1 Å². The molecule has 6 nitrogen and oxygen atoms in total. The van der Waals surface area contributed by atoms with Gasteiger partial charge in [0.05, 0.1) is 4.92 Å². The number of hydrogen-bond acceptors (Lipinski definition) is 4. The van der Waals surface area contributed by atoms with Gasteiger partial charge in [-0.1, -0.05) is 6.92 Å². The van der Waals surface area contributed by atoms with Crippen LogP contribution in [-0.4, -0.2) is 20.2 Å². The monoisotopic (exact) mass is 238 g/mol. The standard InChI is InChI=1S/C11H18N4O2/c1-4-11(6-5-7-11)12-10-9(15(16)17)8(2)13-14(10)3/h12H,4-7H2,1-3H3. The molecule has 0 spiro atoms. The molecular formula is C11H18N4O2. The summed E-state index contributed by atoms with van der Waals surface area (Å²) < 4.78 is 1.57. The van der Waals surface area contributed by atoms with Gasteiger partial charge in [0.1, 0.15) is 5.69 Å². The number of anilines is 1. The molecule has 1 fully saturated rings. The average Bonchev–Trinajstić information content (AvgIpc) is 2.47. The van der Waals surface area contributed by atoms with E-state index < -0.39 is 0 Å². The lowest BCUT2D eigenvalue weighted by atomic mass is 9.75. The number of hydrogen-bond donors (Lipinski definition) is 1. The molecule has 0 atom stereocenters. The van der Waals surface area contributed by atoms with Crippen LogP contribution in [0.2, 0.25) is 0 Å². The number of nitrogens with one attached hydrogen (secondary N) is 1. The Morgan fingerprint density at radius 2 is 2.24 bits per heavy atom. The second kappa shape index (κ2) is 4.01. The van der Waals surface area contributed by atoms with Gasteiger partial charge < -0.3 is 5.32 Å². The molecule has 1 saturated carbocycles. The SMILES string of the molecule is CCC1(Nc2c([N+](=O)[O-])c(C)nn2C)CCC1. The third kappa shape index (κ3) is 1.87. The number of nitro groups is 1. The Morgan fingerprint density at radius 3 is 2.65 bits per heavy atom. The minimum absolute atomic E-state index is 0.0327. The van der Waals surface area contributed by atoms with E-state index >= 15 is 0 Å². The van der Waals surface area contributed by atoms with E-state index in [2.05, 4.69) is 17.3 Å². The maximum atomic E-state index is 11.0. The first-order chi connectivity index (χ1) is 7.99. The van der Waals surface area contributed by atoms with Crippen molar-refractivity contribution in [3.8, 4) is 0 Å². The smallest absolute Gasteiger partial charge is 0.333 e. The summed E-state index contributed by atoms with van der Waals surface area (Å²) >= 11 is 0. The summed E-state index contributed by atoms with van der Waals surface area (Å²) in [6.45, 7) is 3.78. The van der Waals surface area contributed by atoms with Crippen LogP contribution in [0.3, 0.4) is 0 Å². The Kier molecular flexibility index (Phi) is 2.81. The van der Waals surface area contributed by atoms with Gasteiger partial charge in [0, 0.05) is 12.6 Å². The molecule has 0 aliphatic heterocycles. The van der Waals surface area contributed by atoms with Gasteiger partial charge in [-0.15, -0.1) is 0 Å². The summed E-state index contributed by atoms with van der Waals surface area (Å²) in [6, 6.07) is 0. The highest BCUT2D eigenvalue weighted by Gasteiger charge is 2.38. The first-order valence-corrected chi connectivity index (χ1v) is 5.95. The first kappa shape index (κ1) is 11.9. The van der Waals surface area contributed by atoms with Crippen LogP contribution < -0.4 is 5.32 Å². The molecule has 1 N–H and O–H groups in total. The molecule has 0 unspecified atom stereocenters. The highest BCUT2D eigenvalue weighted by Crippen LogP contribution is 2.40. The third-order valence-corrected chi connectivity index (χ3v) is 3.74. The summed E-state index contributed by atoms with van der Waals surface area (Å²) in [7, 11) is 1.74. The minimum atomic E-state index is -0.354. The largest absolute Gasteiger partial charge is 0.359 e. The molecule has 6 heteroatoms. The molecule has 1 aliphatic carbocycles. The molecule has 1 aromatic heterocycles. The molecule has 0 amide bonds. The lowest BCUT2D eigenvalue weighted by Crippen LogP contribution is -2.44. The van der Waals surface area contributed by atoms with E-state index in [4.69, 9.17) is 0 Å². The van der Waals surface area contributed by atoms with Gasteiger partial charge in [0.2, 0.25) is 5.82 Å². The number of aryl methyl sites for hydroxylation is 2. The van der Waals surface area contributed by atoms with E-state index in [1.807, 2.05) is 0 Å². The molecule has 0 radical (unpaired) electrons. The van der Waals surface area contributed by atoms with Gasteiger partial charge in [-0.3, -0.25) is 10.1 Å². The second-order valence-electron chi connectivity index (χ2n) is 4.78. The van der Waals surface area contributed by atoms with Crippen molar-refractivity contribution in [2.75, 3.05) is 5.32 Å². The molecule has 94 valence electrons. The molecule has 2 rings (SSSR count). The number of nitrogens with zero attached hydrogens (tertiary/aromatic N) is 3. The van der Waals surface area contributed by atoms with E-state index in [0.717, 1.165) is 19.3 Å². The van der Waals surface area contributed by atoms with Gasteiger partial charge in [-0.2, -0.15) is 5.10 Å². The zero-order chi connectivity index (χ0) is 12.6. The lowest BCUT2D eigenvalue weighted by molar-refractivity contribution is -0.384. The molecule has 0 aromatic carbocycles. The van der Waals surface area contributed by atoms with Crippen molar-refractivity contribution in [1.82, 2.24) is 9.78 Å². The molecule has 0 bridgehead atoms. The van der Waals surface area contributed by atoms with Gasteiger partial charge in [0.15, 0.2) is 0 Å². The zero-order valence-electron chi connectivity index (χ0n) is 10.5. The normalized spacial score (nSPS) is 17.6. The molecular weight excluding hydrogens is 220 g/mol. The summed E-state index contributed by atoms with van der Waals surface area (Å²) in [5, 5.41) is 18.5.